The number of likely N-dealkylation sites (tertiary alicyclic amines) is 1. The maximum absolute atomic E-state index is 12.8. The van der Waals surface area contributed by atoms with Crippen molar-refractivity contribution in [3.05, 3.63) is 30.0 Å². The fourth-order valence-corrected chi connectivity index (χ4v) is 5.28. The quantitative estimate of drug-likeness (QED) is 0.864. The van der Waals surface area contributed by atoms with E-state index in [1.165, 1.54) is 25.9 Å². The molecule has 3 fully saturated rings. The van der Waals surface area contributed by atoms with Gasteiger partial charge in [-0.05, 0) is 50.5 Å². The predicted molar refractivity (Wildman–Crippen MR) is 108 cm³/mol. The molecule has 150 valence electrons. The highest BCUT2D eigenvalue weighted by Gasteiger charge is 2.56. The first-order valence-corrected chi connectivity index (χ1v) is 10.7. The first kappa shape index (κ1) is 18.1. The Kier molecular flexibility index (Phi) is 4.63. The van der Waals surface area contributed by atoms with Crippen molar-refractivity contribution in [3.8, 4) is 0 Å². The Morgan fingerprint density at radius 2 is 1.93 bits per heavy atom. The molecule has 1 aliphatic carbocycles. The number of carbonyl (C=O) groups excluding carboxylic acids is 1. The monoisotopic (exact) mass is 382 g/mol. The third-order valence-corrected chi connectivity index (χ3v) is 6.92. The van der Waals surface area contributed by atoms with Gasteiger partial charge in [0.15, 0.2) is 5.69 Å². The second kappa shape index (κ2) is 7.16. The molecule has 3 aliphatic rings. The zero-order valence-corrected chi connectivity index (χ0v) is 16.8. The number of aromatic nitrogens is 2. The zero-order valence-electron chi connectivity index (χ0n) is 16.8. The Morgan fingerprint density at radius 3 is 2.64 bits per heavy atom. The van der Waals surface area contributed by atoms with Crippen LogP contribution in [-0.4, -0.2) is 59.5 Å². The van der Waals surface area contributed by atoms with Crippen molar-refractivity contribution in [1.82, 2.24) is 20.0 Å². The first-order chi connectivity index (χ1) is 13.6. The Bertz CT molecular complexity index is 859. The normalized spacial score (nSPS) is 28.0. The van der Waals surface area contributed by atoms with E-state index in [0.717, 1.165) is 42.5 Å². The summed E-state index contributed by atoms with van der Waals surface area (Å²) in [6, 6.07) is 8.94. The molecule has 1 amide bonds. The molecule has 1 N–H and O–H groups in total. The van der Waals surface area contributed by atoms with E-state index in [-0.39, 0.29) is 11.9 Å². The van der Waals surface area contributed by atoms with Gasteiger partial charge in [0.05, 0.1) is 5.52 Å². The highest BCUT2D eigenvalue weighted by molar-refractivity contribution is 6.04. The third-order valence-electron chi connectivity index (χ3n) is 6.92. The molecule has 6 nitrogen and oxygen atoms in total. The topological polar surface area (TPSA) is 59.4 Å². The van der Waals surface area contributed by atoms with Crippen LogP contribution in [0.15, 0.2) is 24.3 Å². The fourth-order valence-electron chi connectivity index (χ4n) is 5.28. The van der Waals surface area contributed by atoms with Gasteiger partial charge in [-0.1, -0.05) is 18.2 Å². The molecule has 2 aliphatic heterocycles. The van der Waals surface area contributed by atoms with E-state index in [0.29, 0.717) is 17.7 Å². The molecule has 1 aromatic carbocycles. The Morgan fingerprint density at radius 1 is 1.21 bits per heavy atom. The van der Waals surface area contributed by atoms with Crippen molar-refractivity contribution < 1.29 is 9.53 Å². The third kappa shape index (κ3) is 3.12. The molecule has 2 aromatic rings. The van der Waals surface area contributed by atoms with E-state index in [2.05, 4.69) is 29.2 Å². The van der Waals surface area contributed by atoms with Crippen LogP contribution in [0, 0.1) is 17.8 Å². The van der Waals surface area contributed by atoms with Gasteiger partial charge in [0.25, 0.3) is 5.91 Å². The molecule has 0 bridgehead atoms. The minimum absolute atomic E-state index is 0.0399. The maximum atomic E-state index is 12.8. The molecule has 28 heavy (non-hydrogen) atoms. The van der Waals surface area contributed by atoms with Crippen LogP contribution in [0.2, 0.25) is 0 Å². The average molecular weight is 383 g/mol. The van der Waals surface area contributed by atoms with Crippen LogP contribution < -0.4 is 5.32 Å². The predicted octanol–water partition coefficient (Wildman–Crippen LogP) is 2.70. The van der Waals surface area contributed by atoms with E-state index in [1.54, 1.807) is 0 Å². The van der Waals surface area contributed by atoms with Gasteiger partial charge >= 0.3 is 0 Å². The molecule has 6 heteroatoms. The largest absolute Gasteiger partial charge is 0.381 e. The fraction of sp³-hybridized carbons (Fsp3) is 0.636. The lowest BCUT2D eigenvalue weighted by atomic mass is 10.1. The number of ether oxygens (including phenoxy) is 1. The molecule has 2 unspecified atom stereocenters. The minimum atomic E-state index is -0.0399. The van der Waals surface area contributed by atoms with E-state index < -0.39 is 0 Å². The summed E-state index contributed by atoms with van der Waals surface area (Å²) in [6.45, 7) is 9.17. The summed E-state index contributed by atoms with van der Waals surface area (Å²) in [4.78, 5) is 15.5. The lowest BCUT2D eigenvalue weighted by Gasteiger charge is -2.32. The maximum Gasteiger partial charge on any atom is 0.272 e. The summed E-state index contributed by atoms with van der Waals surface area (Å²) in [5, 5.41) is 8.73. The van der Waals surface area contributed by atoms with Gasteiger partial charge < -0.3 is 10.1 Å². The van der Waals surface area contributed by atoms with E-state index >= 15 is 0 Å². The summed E-state index contributed by atoms with van der Waals surface area (Å²) < 4.78 is 7.44. The number of carbonyl (C=O) groups is 1. The number of fused-ring (bicyclic) bond motifs is 2. The van der Waals surface area contributed by atoms with Crippen molar-refractivity contribution in [3.63, 3.8) is 0 Å². The SMILES string of the molecule is CC(C)n1nc(C(=O)NCC2C3CN(C4CCOCC4)CC23)c2ccccc21. The van der Waals surface area contributed by atoms with Crippen LogP contribution in [0.3, 0.4) is 0 Å². The summed E-state index contributed by atoms with van der Waals surface area (Å²) in [5.41, 5.74) is 1.58. The minimum Gasteiger partial charge on any atom is -0.381 e. The first-order valence-electron chi connectivity index (χ1n) is 10.7. The van der Waals surface area contributed by atoms with Crippen molar-refractivity contribution >= 4 is 16.8 Å². The standard InChI is InChI=1S/C22H30N4O2/c1-14(2)26-20-6-4-3-5-16(20)21(24-26)22(27)23-11-17-18-12-25(13-19(17)18)15-7-9-28-10-8-15/h3-6,14-15,17-19H,7-13H2,1-2H3,(H,23,27). The summed E-state index contributed by atoms with van der Waals surface area (Å²) in [7, 11) is 0. The lowest BCUT2D eigenvalue weighted by Crippen LogP contribution is -2.40. The second-order valence-electron chi connectivity index (χ2n) is 8.90. The van der Waals surface area contributed by atoms with Crippen LogP contribution in [0.5, 0.6) is 0 Å². The van der Waals surface area contributed by atoms with Crippen molar-refractivity contribution in [1.29, 1.82) is 0 Å². The molecule has 0 radical (unpaired) electrons. The van der Waals surface area contributed by atoms with Gasteiger partial charge in [-0.25, -0.2) is 0 Å². The van der Waals surface area contributed by atoms with Gasteiger partial charge in [-0.3, -0.25) is 14.4 Å². The number of hydrogen-bond donors (Lipinski definition) is 1. The van der Waals surface area contributed by atoms with Crippen LogP contribution in [0.4, 0.5) is 0 Å². The van der Waals surface area contributed by atoms with Crippen molar-refractivity contribution in [2.75, 3.05) is 32.8 Å². The van der Waals surface area contributed by atoms with Gasteiger partial charge in [0.1, 0.15) is 0 Å². The summed E-state index contributed by atoms with van der Waals surface area (Å²) in [6.07, 6.45) is 2.35. The van der Waals surface area contributed by atoms with Gasteiger partial charge in [0.2, 0.25) is 0 Å². The van der Waals surface area contributed by atoms with E-state index in [4.69, 9.17) is 4.74 Å². The Labute approximate surface area is 166 Å². The number of nitrogens with one attached hydrogen (secondary N) is 1. The number of hydrogen-bond acceptors (Lipinski definition) is 4. The Hall–Kier alpha value is -1.92. The number of benzene rings is 1. The molecule has 1 saturated carbocycles. The molecule has 2 saturated heterocycles. The van der Waals surface area contributed by atoms with E-state index in [1.807, 2.05) is 28.9 Å². The van der Waals surface area contributed by atoms with Crippen molar-refractivity contribution in [2.24, 2.45) is 17.8 Å². The van der Waals surface area contributed by atoms with Gasteiger partial charge in [-0.15, -0.1) is 0 Å². The Balaban J connectivity index is 1.19. The van der Waals surface area contributed by atoms with Crippen LogP contribution in [0.25, 0.3) is 10.9 Å². The average Bonchev–Trinajstić information content (AvgIpc) is 3.07. The number of nitrogens with zero attached hydrogens (tertiary/aromatic N) is 3. The highest BCUT2D eigenvalue weighted by Crippen LogP contribution is 2.52. The van der Waals surface area contributed by atoms with Crippen LogP contribution >= 0.6 is 0 Å². The number of amides is 1. The smallest absolute Gasteiger partial charge is 0.272 e. The van der Waals surface area contributed by atoms with E-state index in [9.17, 15) is 4.79 Å². The van der Waals surface area contributed by atoms with Gasteiger partial charge in [-0.2, -0.15) is 5.10 Å². The van der Waals surface area contributed by atoms with Crippen LogP contribution in [-0.2, 0) is 4.74 Å². The number of piperidine rings is 1. The molecular weight excluding hydrogens is 352 g/mol. The summed E-state index contributed by atoms with van der Waals surface area (Å²) >= 11 is 0. The molecule has 0 spiro atoms. The molecule has 3 heterocycles. The number of para-hydroxylation sites is 1. The molecule has 2 atom stereocenters. The van der Waals surface area contributed by atoms with Gasteiger partial charge in [0, 0.05) is 50.3 Å². The number of rotatable bonds is 5. The highest BCUT2D eigenvalue weighted by atomic mass is 16.5. The summed E-state index contributed by atoms with van der Waals surface area (Å²) in [5.74, 6) is 2.11. The molecular formula is C22H30N4O2. The molecule has 1 aromatic heterocycles. The second-order valence-corrected chi connectivity index (χ2v) is 8.90. The van der Waals surface area contributed by atoms with Crippen LogP contribution in [0.1, 0.15) is 43.2 Å². The van der Waals surface area contributed by atoms with Crippen molar-refractivity contribution in [2.45, 2.75) is 38.8 Å². The lowest BCUT2D eigenvalue weighted by molar-refractivity contribution is 0.0368. The zero-order chi connectivity index (χ0) is 19.3. The molecule has 5 rings (SSSR count).